The van der Waals surface area contributed by atoms with Gasteiger partial charge >= 0.3 is 5.97 Å². The van der Waals surface area contributed by atoms with Crippen molar-refractivity contribution in [1.29, 1.82) is 0 Å². The molecule has 3 rings (SSSR count). The number of imidazole rings is 1. The van der Waals surface area contributed by atoms with Crippen LogP contribution < -0.4 is 0 Å². The lowest BCUT2D eigenvalue weighted by Crippen LogP contribution is -2.15. The molecule has 1 unspecified atom stereocenters. The van der Waals surface area contributed by atoms with Crippen molar-refractivity contribution in [2.24, 2.45) is 0 Å². The average molecular weight is 308 g/mol. The summed E-state index contributed by atoms with van der Waals surface area (Å²) in [7, 11) is -3.04. The fourth-order valence-corrected chi connectivity index (χ4v) is 4.69. The first-order valence-electron chi connectivity index (χ1n) is 6.86. The number of fused-ring (bicyclic) bond motifs is 1. The molecule has 2 heterocycles. The number of aromatic nitrogens is 2. The summed E-state index contributed by atoms with van der Waals surface area (Å²) in [6.45, 7) is 1.93. The van der Waals surface area contributed by atoms with Crippen molar-refractivity contribution in [3.8, 4) is 0 Å². The van der Waals surface area contributed by atoms with Gasteiger partial charge in [-0.2, -0.15) is 0 Å². The van der Waals surface area contributed by atoms with E-state index in [-0.39, 0.29) is 23.1 Å². The van der Waals surface area contributed by atoms with Crippen molar-refractivity contribution in [1.82, 2.24) is 9.55 Å². The van der Waals surface area contributed by atoms with Gasteiger partial charge in [0.25, 0.3) is 0 Å². The van der Waals surface area contributed by atoms with Gasteiger partial charge in [-0.15, -0.1) is 0 Å². The van der Waals surface area contributed by atoms with Crippen molar-refractivity contribution in [3.63, 3.8) is 0 Å². The molecule has 1 aliphatic heterocycles. The SMILES string of the molecule is CCc1nc2cccc(C(=O)O)c2n1C1CCS(=O)(=O)C1. The third kappa shape index (κ3) is 2.31. The summed E-state index contributed by atoms with van der Waals surface area (Å²) in [4.78, 5) is 15.9. The van der Waals surface area contributed by atoms with Crippen LogP contribution >= 0.6 is 0 Å². The van der Waals surface area contributed by atoms with Gasteiger partial charge in [-0.3, -0.25) is 0 Å². The average Bonchev–Trinajstić information content (AvgIpc) is 2.97. The molecule has 7 heteroatoms. The summed E-state index contributed by atoms with van der Waals surface area (Å²) >= 11 is 0. The molecule has 6 nitrogen and oxygen atoms in total. The Bertz CT molecular complexity index is 823. The van der Waals surface area contributed by atoms with Crippen molar-refractivity contribution >= 4 is 26.8 Å². The second-order valence-electron chi connectivity index (χ2n) is 5.29. The Balaban J connectivity index is 2.27. The highest BCUT2D eigenvalue weighted by Crippen LogP contribution is 2.31. The minimum absolute atomic E-state index is 0.0550. The number of sulfone groups is 1. The van der Waals surface area contributed by atoms with Gasteiger partial charge in [0.05, 0.1) is 34.1 Å². The van der Waals surface area contributed by atoms with E-state index in [1.54, 1.807) is 12.1 Å². The van der Waals surface area contributed by atoms with Crippen molar-refractivity contribution in [3.05, 3.63) is 29.6 Å². The Morgan fingerprint density at radius 2 is 2.24 bits per heavy atom. The Morgan fingerprint density at radius 3 is 2.81 bits per heavy atom. The van der Waals surface area contributed by atoms with Gasteiger partial charge in [0.2, 0.25) is 0 Å². The normalized spacial score (nSPS) is 20.9. The van der Waals surface area contributed by atoms with Crippen LogP contribution in [0.15, 0.2) is 18.2 Å². The van der Waals surface area contributed by atoms with E-state index in [2.05, 4.69) is 4.98 Å². The Labute approximate surface area is 122 Å². The van der Waals surface area contributed by atoms with Crippen LogP contribution in [0, 0.1) is 0 Å². The van der Waals surface area contributed by atoms with Crippen LogP contribution in [0.4, 0.5) is 0 Å². The van der Waals surface area contributed by atoms with Gasteiger partial charge in [-0.05, 0) is 18.6 Å². The van der Waals surface area contributed by atoms with E-state index in [1.165, 1.54) is 6.07 Å². The van der Waals surface area contributed by atoms with E-state index < -0.39 is 15.8 Å². The molecule has 0 spiro atoms. The van der Waals surface area contributed by atoms with Gasteiger partial charge < -0.3 is 9.67 Å². The van der Waals surface area contributed by atoms with Crippen molar-refractivity contribution in [2.75, 3.05) is 11.5 Å². The van der Waals surface area contributed by atoms with Crippen LogP contribution in [0.1, 0.15) is 35.6 Å². The molecule has 0 saturated carbocycles. The second kappa shape index (κ2) is 4.84. The minimum atomic E-state index is -3.04. The maximum absolute atomic E-state index is 11.7. The Hall–Kier alpha value is -1.89. The lowest BCUT2D eigenvalue weighted by Gasteiger charge is -2.15. The number of carboxylic acid groups (broad SMARTS) is 1. The molecule has 1 aromatic heterocycles. The van der Waals surface area contributed by atoms with Gasteiger partial charge in [0, 0.05) is 6.42 Å². The summed E-state index contributed by atoms with van der Waals surface area (Å²) in [5.74, 6) is -0.0825. The van der Waals surface area contributed by atoms with Crippen LogP contribution in [-0.4, -0.2) is 40.6 Å². The lowest BCUT2D eigenvalue weighted by atomic mass is 10.1. The highest BCUT2D eigenvalue weighted by molar-refractivity contribution is 7.91. The second-order valence-corrected chi connectivity index (χ2v) is 7.52. The number of carboxylic acids is 1. The zero-order chi connectivity index (χ0) is 15.2. The predicted molar refractivity (Wildman–Crippen MR) is 78.4 cm³/mol. The van der Waals surface area contributed by atoms with E-state index in [0.717, 1.165) is 5.82 Å². The van der Waals surface area contributed by atoms with Crippen LogP contribution in [0.3, 0.4) is 0 Å². The quantitative estimate of drug-likeness (QED) is 0.931. The molecule has 1 atom stereocenters. The number of carbonyl (C=O) groups is 1. The molecular formula is C14H16N2O4S. The fraction of sp³-hybridized carbons (Fsp3) is 0.429. The molecule has 2 aromatic rings. The van der Waals surface area contributed by atoms with E-state index in [9.17, 15) is 18.3 Å². The predicted octanol–water partition coefficient (Wildman–Crippen LogP) is 1.66. The summed E-state index contributed by atoms with van der Waals surface area (Å²) < 4.78 is 25.3. The Kier molecular flexibility index (Phi) is 3.24. The highest BCUT2D eigenvalue weighted by Gasteiger charge is 2.32. The number of para-hydroxylation sites is 1. The first-order valence-corrected chi connectivity index (χ1v) is 8.68. The molecule has 1 aliphatic rings. The molecular weight excluding hydrogens is 292 g/mol. The third-order valence-corrected chi connectivity index (χ3v) is 5.65. The number of hydrogen-bond acceptors (Lipinski definition) is 4. The van der Waals surface area contributed by atoms with E-state index >= 15 is 0 Å². The summed E-state index contributed by atoms with van der Waals surface area (Å²) in [6, 6.07) is 4.73. The molecule has 0 bridgehead atoms. The molecule has 112 valence electrons. The summed E-state index contributed by atoms with van der Waals surface area (Å²) in [5.41, 5.74) is 1.31. The smallest absolute Gasteiger partial charge is 0.337 e. The van der Waals surface area contributed by atoms with E-state index in [0.29, 0.717) is 23.9 Å². The standard InChI is InChI=1S/C14H16N2O4S/c1-2-12-15-11-5-3-4-10(14(17)18)13(11)16(12)9-6-7-21(19,20)8-9/h3-5,9H,2,6-8H2,1H3,(H,17,18). The Morgan fingerprint density at radius 1 is 1.48 bits per heavy atom. The maximum Gasteiger partial charge on any atom is 0.337 e. The molecule has 1 fully saturated rings. The van der Waals surface area contributed by atoms with Crippen LogP contribution in [0.25, 0.3) is 11.0 Å². The highest BCUT2D eigenvalue weighted by atomic mass is 32.2. The fourth-order valence-electron chi connectivity index (χ4n) is 2.99. The van der Waals surface area contributed by atoms with Gasteiger partial charge in [0.1, 0.15) is 5.82 Å². The van der Waals surface area contributed by atoms with Gasteiger partial charge in [-0.25, -0.2) is 18.2 Å². The number of rotatable bonds is 3. The van der Waals surface area contributed by atoms with Crippen molar-refractivity contribution < 1.29 is 18.3 Å². The lowest BCUT2D eigenvalue weighted by molar-refractivity contribution is 0.0698. The topological polar surface area (TPSA) is 89.3 Å². The van der Waals surface area contributed by atoms with E-state index in [4.69, 9.17) is 0 Å². The number of nitrogens with zero attached hydrogens (tertiary/aromatic N) is 2. The number of benzene rings is 1. The first kappa shape index (κ1) is 14.1. The zero-order valence-corrected chi connectivity index (χ0v) is 12.4. The molecule has 1 saturated heterocycles. The minimum Gasteiger partial charge on any atom is -0.478 e. The summed E-state index contributed by atoms with van der Waals surface area (Å²) in [5, 5.41) is 9.38. The zero-order valence-electron chi connectivity index (χ0n) is 11.6. The van der Waals surface area contributed by atoms with Crippen LogP contribution in [-0.2, 0) is 16.3 Å². The van der Waals surface area contributed by atoms with Crippen LogP contribution in [0.2, 0.25) is 0 Å². The number of aromatic carboxylic acids is 1. The number of hydrogen-bond donors (Lipinski definition) is 1. The van der Waals surface area contributed by atoms with E-state index in [1.807, 2.05) is 11.5 Å². The first-order chi connectivity index (χ1) is 9.93. The molecule has 1 N–H and O–H groups in total. The summed E-state index contributed by atoms with van der Waals surface area (Å²) in [6.07, 6.45) is 1.14. The monoisotopic (exact) mass is 308 g/mol. The largest absolute Gasteiger partial charge is 0.478 e. The third-order valence-electron chi connectivity index (χ3n) is 3.90. The number of aryl methyl sites for hydroxylation is 1. The van der Waals surface area contributed by atoms with Crippen LogP contribution in [0.5, 0.6) is 0 Å². The molecule has 0 amide bonds. The molecule has 1 aromatic carbocycles. The molecule has 21 heavy (non-hydrogen) atoms. The van der Waals surface area contributed by atoms with Gasteiger partial charge in [0.15, 0.2) is 9.84 Å². The van der Waals surface area contributed by atoms with Crippen molar-refractivity contribution in [2.45, 2.75) is 25.8 Å². The molecule has 0 radical (unpaired) electrons. The maximum atomic E-state index is 11.7. The molecule has 0 aliphatic carbocycles. The van der Waals surface area contributed by atoms with Gasteiger partial charge in [-0.1, -0.05) is 13.0 Å².